The molecule has 1 heterocycles. The molecule has 0 aliphatic heterocycles. The van der Waals surface area contributed by atoms with Crippen LogP contribution in [-0.2, 0) is 6.54 Å². The molecule has 0 radical (unpaired) electrons. The molecule has 1 aromatic carbocycles. The summed E-state index contributed by atoms with van der Waals surface area (Å²) in [7, 11) is 2.09. The van der Waals surface area contributed by atoms with Gasteiger partial charge in [0.25, 0.3) is 0 Å². The Balaban J connectivity index is 2.36. The second-order valence-corrected chi connectivity index (χ2v) is 7.11. The molecule has 0 bridgehead atoms. The molecular formula is C16H21NO2S2. The molecule has 2 aromatic rings. The number of carboxylic acid groups (broad SMARTS) is 1. The van der Waals surface area contributed by atoms with Gasteiger partial charge >= 0.3 is 5.97 Å². The monoisotopic (exact) mass is 323 g/mol. The molecule has 5 heteroatoms. The van der Waals surface area contributed by atoms with E-state index in [1.807, 2.05) is 36.0 Å². The van der Waals surface area contributed by atoms with E-state index >= 15 is 0 Å². The summed E-state index contributed by atoms with van der Waals surface area (Å²) >= 11 is 3.21. The van der Waals surface area contributed by atoms with E-state index in [2.05, 4.69) is 25.1 Å². The maximum atomic E-state index is 11.5. The fourth-order valence-electron chi connectivity index (χ4n) is 2.56. The lowest BCUT2D eigenvalue weighted by Crippen LogP contribution is -2.33. The summed E-state index contributed by atoms with van der Waals surface area (Å²) in [5, 5.41) is 10.5. The molecule has 0 aliphatic carbocycles. The van der Waals surface area contributed by atoms with Crippen LogP contribution in [-0.4, -0.2) is 41.1 Å². The summed E-state index contributed by atoms with van der Waals surface area (Å²) in [6.45, 7) is 2.87. The number of benzene rings is 1. The lowest BCUT2D eigenvalue weighted by molar-refractivity contribution is 0.0700. The molecule has 0 aliphatic rings. The first-order chi connectivity index (χ1) is 10.1. The first kappa shape index (κ1) is 16.3. The Morgan fingerprint density at radius 1 is 1.43 bits per heavy atom. The summed E-state index contributed by atoms with van der Waals surface area (Å²) < 4.78 is 1.05. The van der Waals surface area contributed by atoms with Gasteiger partial charge in [-0.05, 0) is 36.7 Å². The van der Waals surface area contributed by atoms with Crippen molar-refractivity contribution >= 4 is 39.2 Å². The van der Waals surface area contributed by atoms with Gasteiger partial charge < -0.3 is 5.11 Å². The fraction of sp³-hybridized carbons (Fsp3) is 0.438. The minimum Gasteiger partial charge on any atom is -0.477 e. The van der Waals surface area contributed by atoms with E-state index in [9.17, 15) is 9.90 Å². The van der Waals surface area contributed by atoms with Crippen molar-refractivity contribution in [2.45, 2.75) is 25.9 Å². The van der Waals surface area contributed by atoms with Crippen molar-refractivity contribution in [1.29, 1.82) is 0 Å². The highest BCUT2D eigenvalue weighted by Gasteiger charge is 2.21. The van der Waals surface area contributed by atoms with Crippen molar-refractivity contribution in [1.82, 2.24) is 4.90 Å². The summed E-state index contributed by atoms with van der Waals surface area (Å²) in [5.74, 6) is 0.245. The molecule has 0 fully saturated rings. The number of aromatic carboxylic acids is 1. The molecular weight excluding hydrogens is 302 g/mol. The molecule has 0 spiro atoms. The van der Waals surface area contributed by atoms with Gasteiger partial charge in [-0.25, -0.2) is 4.79 Å². The predicted octanol–water partition coefficient (Wildman–Crippen LogP) is 4.17. The maximum Gasteiger partial charge on any atom is 0.346 e. The van der Waals surface area contributed by atoms with E-state index < -0.39 is 5.97 Å². The zero-order valence-corrected chi connectivity index (χ0v) is 14.3. The highest BCUT2D eigenvalue weighted by Crippen LogP contribution is 2.32. The molecule has 0 saturated heterocycles. The average molecular weight is 323 g/mol. The minimum absolute atomic E-state index is 0.473. The van der Waals surface area contributed by atoms with E-state index in [0.717, 1.165) is 27.8 Å². The van der Waals surface area contributed by atoms with E-state index in [0.29, 0.717) is 17.5 Å². The van der Waals surface area contributed by atoms with Crippen molar-refractivity contribution in [2.75, 3.05) is 19.1 Å². The zero-order valence-electron chi connectivity index (χ0n) is 12.6. The van der Waals surface area contributed by atoms with Crippen LogP contribution in [0.1, 0.15) is 28.6 Å². The largest absolute Gasteiger partial charge is 0.477 e. The van der Waals surface area contributed by atoms with Crippen LogP contribution in [0.25, 0.3) is 10.1 Å². The predicted molar refractivity (Wildman–Crippen MR) is 92.7 cm³/mol. The molecule has 0 amide bonds. The normalized spacial score (nSPS) is 13.0. The molecule has 2 rings (SSSR count). The molecule has 3 nitrogen and oxygen atoms in total. The highest BCUT2D eigenvalue weighted by atomic mass is 32.2. The lowest BCUT2D eigenvalue weighted by atomic mass is 10.1. The number of carbonyl (C=O) groups is 1. The summed E-state index contributed by atoms with van der Waals surface area (Å²) in [4.78, 5) is 14.3. The van der Waals surface area contributed by atoms with Crippen LogP contribution >= 0.6 is 23.1 Å². The number of hydrogen-bond acceptors (Lipinski definition) is 4. The Bertz CT molecular complexity index is 624. The van der Waals surface area contributed by atoms with Crippen LogP contribution in [0.5, 0.6) is 0 Å². The Morgan fingerprint density at radius 3 is 2.76 bits per heavy atom. The molecule has 1 N–H and O–H groups in total. The van der Waals surface area contributed by atoms with Gasteiger partial charge in [0.2, 0.25) is 0 Å². The Kier molecular flexibility index (Phi) is 5.67. The third-order valence-electron chi connectivity index (χ3n) is 3.75. The molecule has 1 unspecified atom stereocenters. The SMILES string of the molecule is CCC(CSC)N(C)Cc1c(C(=O)O)sc2ccccc12. The van der Waals surface area contributed by atoms with Gasteiger partial charge in [0.15, 0.2) is 0 Å². The van der Waals surface area contributed by atoms with E-state index in [1.165, 1.54) is 11.3 Å². The van der Waals surface area contributed by atoms with E-state index in [4.69, 9.17) is 0 Å². The first-order valence-corrected chi connectivity index (χ1v) is 9.22. The number of carboxylic acids is 1. The lowest BCUT2D eigenvalue weighted by Gasteiger charge is -2.26. The number of thioether (sulfide) groups is 1. The van der Waals surface area contributed by atoms with Crippen LogP contribution in [0.15, 0.2) is 24.3 Å². The second kappa shape index (κ2) is 7.29. The van der Waals surface area contributed by atoms with Crippen molar-refractivity contribution in [2.24, 2.45) is 0 Å². The van der Waals surface area contributed by atoms with Gasteiger partial charge in [-0.3, -0.25) is 4.90 Å². The van der Waals surface area contributed by atoms with Crippen molar-refractivity contribution < 1.29 is 9.90 Å². The molecule has 114 valence electrons. The molecule has 1 aromatic heterocycles. The van der Waals surface area contributed by atoms with Crippen LogP contribution < -0.4 is 0 Å². The van der Waals surface area contributed by atoms with Gasteiger partial charge in [0.05, 0.1) is 0 Å². The van der Waals surface area contributed by atoms with Crippen LogP contribution in [0.2, 0.25) is 0 Å². The zero-order chi connectivity index (χ0) is 15.4. The fourth-order valence-corrected chi connectivity index (χ4v) is 4.48. The Morgan fingerprint density at radius 2 is 2.14 bits per heavy atom. The summed E-state index contributed by atoms with van der Waals surface area (Å²) in [6, 6.07) is 8.43. The standard InChI is InChI=1S/C16H21NO2S2/c1-4-11(10-20-3)17(2)9-13-12-7-5-6-8-14(12)21-15(13)16(18)19/h5-8,11H,4,9-10H2,1-3H3,(H,18,19). The summed E-state index contributed by atoms with van der Waals surface area (Å²) in [6.07, 6.45) is 3.18. The molecule has 21 heavy (non-hydrogen) atoms. The van der Waals surface area contributed by atoms with Gasteiger partial charge in [-0.1, -0.05) is 25.1 Å². The third-order valence-corrected chi connectivity index (χ3v) is 5.67. The third kappa shape index (κ3) is 3.59. The maximum absolute atomic E-state index is 11.5. The number of hydrogen-bond donors (Lipinski definition) is 1. The Labute approximate surface area is 134 Å². The number of thiophene rings is 1. The smallest absolute Gasteiger partial charge is 0.346 e. The first-order valence-electron chi connectivity index (χ1n) is 7.01. The van der Waals surface area contributed by atoms with Crippen LogP contribution in [0.4, 0.5) is 0 Å². The van der Waals surface area contributed by atoms with Gasteiger partial charge in [0, 0.05) is 23.0 Å². The van der Waals surface area contributed by atoms with Gasteiger partial charge in [-0.2, -0.15) is 11.8 Å². The van der Waals surface area contributed by atoms with E-state index in [1.54, 1.807) is 0 Å². The summed E-state index contributed by atoms with van der Waals surface area (Å²) in [5.41, 5.74) is 0.949. The van der Waals surface area contributed by atoms with Gasteiger partial charge in [-0.15, -0.1) is 11.3 Å². The van der Waals surface area contributed by atoms with Gasteiger partial charge in [0.1, 0.15) is 4.88 Å². The van der Waals surface area contributed by atoms with Crippen molar-refractivity contribution in [3.05, 3.63) is 34.7 Å². The quantitative estimate of drug-likeness (QED) is 0.830. The number of nitrogens with zero attached hydrogens (tertiary/aromatic N) is 1. The topological polar surface area (TPSA) is 40.5 Å². The molecule has 0 saturated carbocycles. The van der Waals surface area contributed by atoms with Crippen LogP contribution in [0, 0.1) is 0 Å². The minimum atomic E-state index is -0.822. The van der Waals surface area contributed by atoms with Crippen molar-refractivity contribution in [3.8, 4) is 0 Å². The average Bonchev–Trinajstić information content (AvgIpc) is 2.84. The van der Waals surface area contributed by atoms with E-state index in [-0.39, 0.29) is 0 Å². The van der Waals surface area contributed by atoms with Crippen LogP contribution in [0.3, 0.4) is 0 Å². The highest BCUT2D eigenvalue weighted by molar-refractivity contribution is 7.98. The number of fused-ring (bicyclic) bond motifs is 1. The Hall–Kier alpha value is -1.04. The second-order valence-electron chi connectivity index (χ2n) is 5.14. The number of rotatable bonds is 7. The van der Waals surface area contributed by atoms with Crippen molar-refractivity contribution in [3.63, 3.8) is 0 Å². The molecule has 1 atom stereocenters.